The van der Waals surface area contributed by atoms with Crippen molar-refractivity contribution in [3.05, 3.63) is 70.4 Å². The molecule has 0 radical (unpaired) electrons. The molecule has 1 aliphatic carbocycles. The molecule has 3 N–H and O–H groups in total. The van der Waals surface area contributed by atoms with E-state index in [0.717, 1.165) is 35.6 Å². The largest absolute Gasteiger partial charge is 0.371 e. The Kier molecular flexibility index (Phi) is 4.88. The fraction of sp³-hybridized carbons (Fsp3) is 0.346. The van der Waals surface area contributed by atoms with Gasteiger partial charge in [-0.3, -0.25) is 9.48 Å². The number of aryl methyl sites for hydroxylation is 2. The predicted octanol–water partition coefficient (Wildman–Crippen LogP) is 2.36. The van der Waals surface area contributed by atoms with Gasteiger partial charge in [-0.25, -0.2) is 4.98 Å². The van der Waals surface area contributed by atoms with Gasteiger partial charge >= 0.3 is 0 Å². The maximum absolute atomic E-state index is 12.4. The Morgan fingerprint density at radius 2 is 2.11 bits per heavy atom. The van der Waals surface area contributed by atoms with Gasteiger partial charge in [-0.2, -0.15) is 10.1 Å². The van der Waals surface area contributed by atoms with Crippen LogP contribution in [0.25, 0.3) is 11.4 Å². The fourth-order valence-electron chi connectivity index (χ4n) is 5.15. The van der Waals surface area contributed by atoms with Crippen LogP contribution in [0.15, 0.2) is 35.0 Å². The summed E-state index contributed by atoms with van der Waals surface area (Å²) in [5, 5.41) is 18.8. The van der Waals surface area contributed by atoms with E-state index in [2.05, 4.69) is 37.7 Å². The molecule has 1 saturated carbocycles. The number of imidazole rings is 1. The van der Waals surface area contributed by atoms with E-state index in [1.807, 2.05) is 25.2 Å². The van der Waals surface area contributed by atoms with Crippen LogP contribution in [0, 0.1) is 18.8 Å². The van der Waals surface area contributed by atoms with E-state index in [1.165, 1.54) is 12.5 Å². The van der Waals surface area contributed by atoms with E-state index in [1.54, 1.807) is 17.8 Å². The van der Waals surface area contributed by atoms with Gasteiger partial charge in [0.05, 0.1) is 5.69 Å². The molecule has 2 bridgehead atoms. The lowest BCUT2D eigenvalue weighted by molar-refractivity contribution is 0.0994. The Morgan fingerprint density at radius 1 is 1.31 bits per heavy atom. The zero-order valence-electron chi connectivity index (χ0n) is 20.2. The zero-order chi connectivity index (χ0) is 25.2. The van der Waals surface area contributed by atoms with Gasteiger partial charge in [0.2, 0.25) is 11.7 Å². The summed E-state index contributed by atoms with van der Waals surface area (Å²) < 4.78 is 8.96. The highest BCUT2D eigenvalue weighted by Crippen LogP contribution is 2.53. The molecule has 1 amide bonds. The average Bonchev–Trinajstić information content (AvgIpc) is 3.48. The van der Waals surface area contributed by atoms with Crippen LogP contribution in [0.2, 0.25) is 0 Å². The van der Waals surface area contributed by atoms with Crippen molar-refractivity contribution in [2.24, 2.45) is 12.8 Å². The van der Waals surface area contributed by atoms with Gasteiger partial charge in [0.15, 0.2) is 5.60 Å². The molecule has 10 heteroatoms. The molecule has 182 valence electrons. The number of hydrogen-bond donors (Lipinski definition) is 2. The van der Waals surface area contributed by atoms with E-state index in [4.69, 9.17) is 15.2 Å². The molecular weight excluding hydrogens is 458 g/mol. The Hall–Kier alpha value is -4.23. The van der Waals surface area contributed by atoms with Gasteiger partial charge in [-0.15, -0.1) is 0 Å². The second kappa shape index (κ2) is 7.90. The predicted molar refractivity (Wildman–Crippen MR) is 129 cm³/mol. The first kappa shape index (κ1) is 22.2. The smallest absolute Gasteiger partial charge is 0.269 e. The number of carbonyl (C=O) groups is 1. The second-order valence-electron chi connectivity index (χ2n) is 9.67. The quantitative estimate of drug-likeness (QED) is 0.425. The maximum atomic E-state index is 12.4. The Morgan fingerprint density at radius 3 is 2.78 bits per heavy atom. The number of carbonyl (C=O) groups excluding carboxylic acids is 1. The minimum atomic E-state index is -1.57. The number of hydrogen-bond acceptors (Lipinski definition) is 7. The van der Waals surface area contributed by atoms with Crippen molar-refractivity contribution in [3.8, 4) is 23.2 Å². The topological polar surface area (TPSA) is 138 Å². The van der Waals surface area contributed by atoms with E-state index in [0.29, 0.717) is 23.8 Å². The molecule has 0 unspecified atom stereocenters. The van der Waals surface area contributed by atoms with E-state index in [9.17, 15) is 9.90 Å². The van der Waals surface area contributed by atoms with Crippen molar-refractivity contribution in [1.29, 1.82) is 0 Å². The summed E-state index contributed by atoms with van der Waals surface area (Å²) >= 11 is 0. The number of primary amides is 1. The Labute approximate surface area is 207 Å². The van der Waals surface area contributed by atoms with E-state index in [-0.39, 0.29) is 17.6 Å². The molecule has 7 rings (SSSR count). The number of nitrogens with two attached hydrogens (primary N) is 1. The maximum Gasteiger partial charge on any atom is 0.269 e. The van der Waals surface area contributed by atoms with Crippen LogP contribution in [0.1, 0.15) is 76.4 Å². The van der Waals surface area contributed by atoms with Crippen molar-refractivity contribution in [1.82, 2.24) is 29.5 Å². The lowest BCUT2D eigenvalue weighted by Gasteiger charge is -2.35. The Bertz CT molecular complexity index is 1570. The van der Waals surface area contributed by atoms with Crippen LogP contribution in [0.4, 0.5) is 0 Å². The van der Waals surface area contributed by atoms with Crippen LogP contribution in [0.3, 0.4) is 0 Å². The molecule has 2 aliphatic heterocycles. The summed E-state index contributed by atoms with van der Waals surface area (Å²) in [6, 6.07) is 8.17. The lowest BCUT2D eigenvalue weighted by atomic mass is 9.75. The van der Waals surface area contributed by atoms with Crippen LogP contribution in [-0.2, 0) is 19.1 Å². The molecular formula is C26H25N7O3. The summed E-state index contributed by atoms with van der Waals surface area (Å²) in [7, 11) is 1.88. The first-order chi connectivity index (χ1) is 17.2. The Balaban J connectivity index is 1.46. The highest BCUT2D eigenvalue weighted by molar-refractivity contribution is 5.93. The molecule has 36 heavy (non-hydrogen) atoms. The van der Waals surface area contributed by atoms with Gasteiger partial charge in [0.1, 0.15) is 11.5 Å². The summed E-state index contributed by atoms with van der Waals surface area (Å²) in [5.74, 6) is 6.97. The third-order valence-electron chi connectivity index (χ3n) is 7.14. The molecule has 0 saturated heterocycles. The van der Waals surface area contributed by atoms with Crippen molar-refractivity contribution in [2.75, 3.05) is 0 Å². The first-order valence-electron chi connectivity index (χ1n) is 11.8. The van der Waals surface area contributed by atoms with Crippen molar-refractivity contribution in [3.63, 3.8) is 0 Å². The molecule has 1 fully saturated rings. The van der Waals surface area contributed by atoms with Crippen molar-refractivity contribution >= 4 is 5.91 Å². The van der Waals surface area contributed by atoms with Crippen molar-refractivity contribution < 1.29 is 14.4 Å². The minimum Gasteiger partial charge on any atom is -0.371 e. The van der Waals surface area contributed by atoms with Crippen LogP contribution < -0.4 is 5.73 Å². The van der Waals surface area contributed by atoms with Crippen molar-refractivity contribution in [2.45, 2.75) is 50.7 Å². The molecule has 3 aliphatic rings. The van der Waals surface area contributed by atoms with E-state index < -0.39 is 11.5 Å². The highest BCUT2D eigenvalue weighted by Gasteiger charge is 2.41. The number of benzene rings is 1. The van der Waals surface area contributed by atoms with E-state index >= 15 is 0 Å². The minimum absolute atomic E-state index is 0.115. The number of nitrogens with zero attached hydrogens (tertiary/aromatic N) is 6. The fourth-order valence-corrected chi connectivity index (χ4v) is 5.15. The number of rotatable bonds is 4. The summed E-state index contributed by atoms with van der Waals surface area (Å²) in [4.78, 5) is 21.3. The number of aromatic nitrogens is 6. The average molecular weight is 484 g/mol. The van der Waals surface area contributed by atoms with Gasteiger partial charge in [-0.1, -0.05) is 23.1 Å². The lowest BCUT2D eigenvalue weighted by Crippen LogP contribution is -2.25. The standard InChI is InChI=1S/C26H25N7O3/c1-14-29-25(31-36-14)26(2,35)8-6-15-4-5-19-16-11-18(12-16)33-21(13-17-7-9-28-32(17)3)22(23(27)34)30-24(33)20(19)10-15/h4-5,7,9-10,16,18,35H,11-13H2,1-3H3,(H2,27,34)/t16?,18?,26-/m1/s1. The monoisotopic (exact) mass is 483 g/mol. The molecule has 4 aromatic rings. The third kappa shape index (κ3) is 3.51. The zero-order valence-corrected chi connectivity index (χ0v) is 20.2. The molecule has 10 nitrogen and oxygen atoms in total. The third-order valence-corrected chi connectivity index (χ3v) is 7.14. The summed E-state index contributed by atoms with van der Waals surface area (Å²) in [6.07, 6.45) is 4.20. The van der Waals surface area contributed by atoms with Crippen LogP contribution >= 0.6 is 0 Å². The van der Waals surface area contributed by atoms with Gasteiger partial charge < -0.3 is 19.9 Å². The van der Waals surface area contributed by atoms with Crippen LogP contribution in [-0.4, -0.2) is 40.5 Å². The summed E-state index contributed by atoms with van der Waals surface area (Å²) in [6.45, 7) is 3.18. The van der Waals surface area contributed by atoms with Gasteiger partial charge in [0, 0.05) is 49.5 Å². The van der Waals surface area contributed by atoms with Gasteiger partial charge in [0.25, 0.3) is 5.91 Å². The van der Waals surface area contributed by atoms with Crippen LogP contribution in [0.5, 0.6) is 0 Å². The highest BCUT2D eigenvalue weighted by atomic mass is 16.5. The molecule has 3 aromatic heterocycles. The molecule has 1 aromatic carbocycles. The second-order valence-corrected chi connectivity index (χ2v) is 9.67. The number of aliphatic hydroxyl groups is 1. The molecule has 5 heterocycles. The van der Waals surface area contributed by atoms with Gasteiger partial charge in [-0.05, 0) is 49.4 Å². The summed E-state index contributed by atoms with van der Waals surface area (Å²) in [5.41, 5.74) is 9.11. The number of amides is 1. The SMILES string of the molecule is Cc1nc([C@](C)(O)C#Cc2ccc3c(c2)-c2nc(C(N)=O)c(Cc4ccnn4C)n2C2CC3C2)no1. The first-order valence-corrected chi connectivity index (χ1v) is 11.8. The molecule has 1 atom stereocenters. The molecule has 0 spiro atoms. The normalized spacial score (nSPS) is 19.2.